The molecule has 0 aliphatic heterocycles. The molecule has 0 spiro atoms. The van der Waals surface area contributed by atoms with E-state index in [9.17, 15) is 9.59 Å². The summed E-state index contributed by atoms with van der Waals surface area (Å²) in [6, 6.07) is 12.0. The van der Waals surface area contributed by atoms with Gasteiger partial charge in [-0.3, -0.25) is 14.7 Å². The molecule has 132 valence electrons. The van der Waals surface area contributed by atoms with Crippen LogP contribution in [0.1, 0.15) is 11.1 Å². The zero-order chi connectivity index (χ0) is 18.7. The number of benzene rings is 2. The molecule has 2 aromatic carbocycles. The molecule has 0 unspecified atom stereocenters. The van der Waals surface area contributed by atoms with Gasteiger partial charge < -0.3 is 5.32 Å². The molecule has 1 heterocycles. The number of nitrogens with zero attached hydrogens (tertiary/aromatic N) is 2. The molecule has 2 N–H and O–H groups in total. The second-order valence-corrected chi connectivity index (χ2v) is 6.32. The number of anilines is 2. The maximum absolute atomic E-state index is 12.6. The number of hydrogen-bond donors (Lipinski definition) is 2. The van der Waals surface area contributed by atoms with Crippen LogP contribution in [0, 0.1) is 13.8 Å². The van der Waals surface area contributed by atoms with Crippen molar-refractivity contribution in [3.05, 3.63) is 81.4 Å². The number of aromatic nitrogens is 2. The molecular weight excluding hydrogens is 352 g/mol. The smallest absolute Gasteiger partial charge is 0.308 e. The lowest BCUT2D eigenvalue weighted by Gasteiger charge is -2.10. The van der Waals surface area contributed by atoms with Gasteiger partial charge in [0.2, 0.25) is 5.82 Å². The van der Waals surface area contributed by atoms with Gasteiger partial charge in [-0.1, -0.05) is 23.7 Å². The van der Waals surface area contributed by atoms with Gasteiger partial charge in [0.25, 0.3) is 5.56 Å². The SMILES string of the molecule is Cc1cc(C)cc(NC(=O)Nc2nccn(-c3cccc(Cl)c3)c2=O)c1. The molecule has 1 aromatic heterocycles. The van der Waals surface area contributed by atoms with Gasteiger partial charge >= 0.3 is 6.03 Å². The highest BCUT2D eigenvalue weighted by Crippen LogP contribution is 2.15. The van der Waals surface area contributed by atoms with E-state index in [0.717, 1.165) is 11.1 Å². The molecule has 0 saturated heterocycles. The number of nitrogens with one attached hydrogen (secondary N) is 2. The molecule has 26 heavy (non-hydrogen) atoms. The predicted octanol–water partition coefficient (Wildman–Crippen LogP) is 4.15. The molecule has 0 fully saturated rings. The van der Waals surface area contributed by atoms with Crippen LogP contribution in [0.4, 0.5) is 16.3 Å². The van der Waals surface area contributed by atoms with Crippen molar-refractivity contribution in [1.29, 1.82) is 0 Å². The van der Waals surface area contributed by atoms with Gasteiger partial charge in [0, 0.05) is 23.1 Å². The van der Waals surface area contributed by atoms with Gasteiger partial charge in [-0.25, -0.2) is 9.78 Å². The van der Waals surface area contributed by atoms with E-state index in [0.29, 0.717) is 16.4 Å². The normalized spacial score (nSPS) is 10.4. The van der Waals surface area contributed by atoms with E-state index < -0.39 is 11.6 Å². The summed E-state index contributed by atoms with van der Waals surface area (Å²) in [6.45, 7) is 3.89. The fourth-order valence-electron chi connectivity index (χ4n) is 2.64. The predicted molar refractivity (Wildman–Crippen MR) is 103 cm³/mol. The van der Waals surface area contributed by atoms with Crippen molar-refractivity contribution >= 4 is 29.1 Å². The molecule has 0 saturated carbocycles. The topological polar surface area (TPSA) is 76.0 Å². The largest absolute Gasteiger partial charge is 0.325 e. The van der Waals surface area contributed by atoms with E-state index in [-0.39, 0.29) is 5.82 Å². The van der Waals surface area contributed by atoms with Crippen LogP contribution < -0.4 is 16.2 Å². The monoisotopic (exact) mass is 368 g/mol. The van der Waals surface area contributed by atoms with Gasteiger partial charge in [-0.05, 0) is 55.3 Å². The highest BCUT2D eigenvalue weighted by atomic mass is 35.5. The third-order valence-electron chi connectivity index (χ3n) is 3.64. The van der Waals surface area contributed by atoms with Gasteiger partial charge in [0.05, 0.1) is 5.69 Å². The number of carbonyl (C=O) groups is 1. The van der Waals surface area contributed by atoms with Gasteiger partial charge in [0.1, 0.15) is 0 Å². The number of hydrogen-bond acceptors (Lipinski definition) is 3. The number of amides is 2. The van der Waals surface area contributed by atoms with E-state index in [2.05, 4.69) is 15.6 Å². The number of urea groups is 1. The lowest BCUT2D eigenvalue weighted by atomic mass is 10.1. The summed E-state index contributed by atoms with van der Waals surface area (Å²) < 4.78 is 1.37. The van der Waals surface area contributed by atoms with Crippen molar-refractivity contribution in [2.75, 3.05) is 10.6 Å². The summed E-state index contributed by atoms with van der Waals surface area (Å²) in [7, 11) is 0. The Kier molecular flexibility index (Phi) is 5.04. The van der Waals surface area contributed by atoms with E-state index in [4.69, 9.17) is 11.6 Å². The van der Waals surface area contributed by atoms with Crippen molar-refractivity contribution in [3.8, 4) is 5.69 Å². The first kappa shape index (κ1) is 17.7. The Hall–Kier alpha value is -3.12. The average Bonchev–Trinajstić information content (AvgIpc) is 2.55. The second-order valence-electron chi connectivity index (χ2n) is 5.89. The first-order valence-corrected chi connectivity index (χ1v) is 8.30. The molecular formula is C19H17ClN4O2. The van der Waals surface area contributed by atoms with Crippen LogP contribution in [-0.2, 0) is 0 Å². The minimum Gasteiger partial charge on any atom is -0.308 e. The van der Waals surface area contributed by atoms with Crippen LogP contribution in [-0.4, -0.2) is 15.6 Å². The number of carbonyl (C=O) groups excluding carboxylic acids is 1. The summed E-state index contributed by atoms with van der Waals surface area (Å²) in [4.78, 5) is 28.8. The van der Waals surface area contributed by atoms with Crippen LogP contribution >= 0.6 is 11.6 Å². The molecule has 0 aliphatic rings. The summed E-state index contributed by atoms with van der Waals surface area (Å²) in [5, 5.41) is 5.71. The van der Waals surface area contributed by atoms with Crippen LogP contribution in [0.15, 0.2) is 59.7 Å². The highest BCUT2D eigenvalue weighted by Gasteiger charge is 2.11. The molecule has 7 heteroatoms. The molecule has 0 bridgehead atoms. The first-order valence-electron chi connectivity index (χ1n) is 7.92. The molecule has 0 atom stereocenters. The fourth-order valence-corrected chi connectivity index (χ4v) is 2.83. The molecule has 0 aliphatic carbocycles. The summed E-state index contributed by atoms with van der Waals surface area (Å²) >= 11 is 5.98. The first-order chi connectivity index (χ1) is 12.4. The van der Waals surface area contributed by atoms with E-state index in [1.165, 1.54) is 17.0 Å². The third kappa shape index (κ3) is 4.10. The zero-order valence-corrected chi connectivity index (χ0v) is 15.0. The Balaban J connectivity index is 1.83. The Bertz CT molecular complexity index is 1010. The van der Waals surface area contributed by atoms with Crippen molar-refractivity contribution < 1.29 is 4.79 Å². The number of halogens is 1. The summed E-state index contributed by atoms with van der Waals surface area (Å²) in [6.07, 6.45) is 2.95. The zero-order valence-electron chi connectivity index (χ0n) is 14.3. The fraction of sp³-hybridized carbons (Fsp3) is 0.105. The summed E-state index contributed by atoms with van der Waals surface area (Å²) in [5.74, 6) is -0.0747. The minimum absolute atomic E-state index is 0.0747. The van der Waals surface area contributed by atoms with Crippen LogP contribution in [0.3, 0.4) is 0 Å². The Labute approximate surface area is 155 Å². The Morgan fingerprint density at radius 3 is 2.50 bits per heavy atom. The molecule has 6 nitrogen and oxygen atoms in total. The average molecular weight is 369 g/mol. The van der Waals surface area contributed by atoms with E-state index in [1.807, 2.05) is 32.0 Å². The van der Waals surface area contributed by atoms with Gasteiger partial charge in [0.15, 0.2) is 0 Å². The summed E-state index contributed by atoms with van der Waals surface area (Å²) in [5.41, 5.74) is 2.84. The minimum atomic E-state index is -0.538. The van der Waals surface area contributed by atoms with Crippen molar-refractivity contribution in [2.45, 2.75) is 13.8 Å². The van der Waals surface area contributed by atoms with Crippen molar-refractivity contribution in [3.63, 3.8) is 0 Å². The number of aryl methyl sites for hydroxylation is 2. The molecule has 2 amide bonds. The third-order valence-corrected chi connectivity index (χ3v) is 3.87. The molecule has 0 radical (unpaired) electrons. The highest BCUT2D eigenvalue weighted by molar-refractivity contribution is 6.30. The molecule has 3 rings (SSSR count). The van der Waals surface area contributed by atoms with Crippen LogP contribution in [0.25, 0.3) is 5.69 Å². The Morgan fingerprint density at radius 1 is 1.08 bits per heavy atom. The van der Waals surface area contributed by atoms with Crippen molar-refractivity contribution in [1.82, 2.24) is 9.55 Å². The van der Waals surface area contributed by atoms with E-state index >= 15 is 0 Å². The van der Waals surface area contributed by atoms with Gasteiger partial charge in [-0.15, -0.1) is 0 Å². The maximum atomic E-state index is 12.6. The second kappa shape index (κ2) is 7.41. The van der Waals surface area contributed by atoms with E-state index in [1.54, 1.807) is 24.3 Å². The number of rotatable bonds is 3. The standard InChI is InChI=1S/C19H17ClN4O2/c1-12-8-13(2)10-15(9-12)22-19(26)23-17-18(25)24(7-6-21-17)16-5-3-4-14(20)11-16/h3-11H,1-2H3,(H2,21,22,23,26). The quantitative estimate of drug-likeness (QED) is 0.729. The lowest BCUT2D eigenvalue weighted by molar-refractivity contribution is 0.262. The maximum Gasteiger partial charge on any atom is 0.325 e. The van der Waals surface area contributed by atoms with Gasteiger partial charge in [-0.2, -0.15) is 0 Å². The lowest BCUT2D eigenvalue weighted by Crippen LogP contribution is -2.28. The molecule has 3 aromatic rings. The van der Waals surface area contributed by atoms with Crippen LogP contribution in [0.5, 0.6) is 0 Å². The van der Waals surface area contributed by atoms with Crippen molar-refractivity contribution in [2.24, 2.45) is 0 Å². The van der Waals surface area contributed by atoms with Crippen LogP contribution in [0.2, 0.25) is 5.02 Å². The Morgan fingerprint density at radius 2 is 1.81 bits per heavy atom.